The number of aliphatic hydroxyl groups excluding tert-OH is 2. The second kappa shape index (κ2) is 9.68. The number of rotatable bonds is 9. The molecule has 1 aromatic carbocycles. The lowest BCUT2D eigenvalue weighted by molar-refractivity contribution is 0.148. The van der Waals surface area contributed by atoms with Crippen molar-refractivity contribution in [3.8, 4) is 22.4 Å². The highest BCUT2D eigenvalue weighted by molar-refractivity contribution is 5.97. The van der Waals surface area contributed by atoms with E-state index < -0.39 is 11.6 Å². The van der Waals surface area contributed by atoms with E-state index in [2.05, 4.69) is 15.4 Å². The molecule has 0 atom stereocenters. The molecule has 0 saturated heterocycles. The van der Waals surface area contributed by atoms with Gasteiger partial charge in [0.15, 0.2) is 5.82 Å². The summed E-state index contributed by atoms with van der Waals surface area (Å²) in [6.07, 6.45) is 3.36. The van der Waals surface area contributed by atoms with Crippen molar-refractivity contribution in [2.75, 3.05) is 26.3 Å². The van der Waals surface area contributed by atoms with Crippen LogP contribution in [0.25, 0.3) is 33.3 Å². The number of hydrogen-bond donors (Lipinski definition) is 3. The Morgan fingerprint density at radius 1 is 1.14 bits per heavy atom. The predicted octanol–water partition coefficient (Wildman–Crippen LogP) is 2.79. The second-order valence-corrected chi connectivity index (χ2v) is 9.58. The molecule has 36 heavy (non-hydrogen) atoms. The Balaban J connectivity index is 1.61. The fraction of sp³-hybridized carbons (Fsp3) is 0.423. The summed E-state index contributed by atoms with van der Waals surface area (Å²) in [6, 6.07) is 4.65. The quantitative estimate of drug-likeness (QED) is 0.307. The van der Waals surface area contributed by atoms with E-state index in [0.29, 0.717) is 35.6 Å². The topological polar surface area (TPSA) is 105 Å². The van der Waals surface area contributed by atoms with Gasteiger partial charge in [0.2, 0.25) is 0 Å². The maximum atomic E-state index is 16.1. The smallest absolute Gasteiger partial charge is 0.277 e. The molecule has 2 aromatic rings. The standard InChI is InChI=1S/C26H29F2N5O3/c1-14-7-17(8-15(2)30-14)22-21(27)9-19-24-20(11-32(18-3-4-18)25(19)23(22)28)26(36)33(31-24)6-5-29-10-16(12-34)13-35/h7-9,11,16,18,29,34-35H,3-6,10,12-13H2,1-2H3. The molecule has 8 nitrogen and oxygen atoms in total. The molecule has 0 unspecified atom stereocenters. The van der Waals surface area contributed by atoms with Gasteiger partial charge in [-0.3, -0.25) is 9.78 Å². The van der Waals surface area contributed by atoms with E-state index in [9.17, 15) is 15.0 Å². The predicted molar refractivity (Wildman–Crippen MR) is 132 cm³/mol. The Labute approximate surface area is 206 Å². The molecule has 2 aliphatic heterocycles. The normalized spacial score (nSPS) is 14.0. The lowest BCUT2D eigenvalue weighted by Crippen LogP contribution is -2.31. The molecule has 1 aromatic heterocycles. The minimum atomic E-state index is -0.720. The van der Waals surface area contributed by atoms with Gasteiger partial charge in [0.05, 0.1) is 23.2 Å². The van der Waals surface area contributed by atoms with Crippen LogP contribution in [0.3, 0.4) is 0 Å². The maximum Gasteiger partial charge on any atom is 0.277 e. The first-order valence-corrected chi connectivity index (χ1v) is 12.1. The number of nitrogens with zero attached hydrogens (tertiary/aromatic N) is 4. The molecular weight excluding hydrogens is 468 g/mol. The number of halogens is 2. The fourth-order valence-corrected chi connectivity index (χ4v) is 4.73. The minimum absolute atomic E-state index is 0.0453. The Morgan fingerprint density at radius 2 is 1.83 bits per heavy atom. The van der Waals surface area contributed by atoms with Crippen LogP contribution in [0.15, 0.2) is 29.2 Å². The molecule has 190 valence electrons. The van der Waals surface area contributed by atoms with Gasteiger partial charge in [-0.05, 0) is 50.5 Å². The largest absolute Gasteiger partial charge is 0.396 e. The number of nitrogens with one attached hydrogen (secondary N) is 1. The number of aromatic nitrogens is 4. The van der Waals surface area contributed by atoms with Crippen molar-refractivity contribution in [1.82, 2.24) is 24.6 Å². The van der Waals surface area contributed by atoms with Crippen LogP contribution in [-0.4, -0.2) is 55.8 Å². The third-order valence-corrected chi connectivity index (χ3v) is 6.67. The third-order valence-electron chi connectivity index (χ3n) is 6.67. The summed E-state index contributed by atoms with van der Waals surface area (Å²) in [6.45, 7) is 4.28. The summed E-state index contributed by atoms with van der Waals surface area (Å²) in [4.78, 5) is 17.4. The zero-order valence-corrected chi connectivity index (χ0v) is 20.3. The van der Waals surface area contributed by atoms with Gasteiger partial charge >= 0.3 is 0 Å². The number of fused-ring (bicyclic) bond motifs is 3. The zero-order chi connectivity index (χ0) is 25.6. The van der Waals surface area contributed by atoms with Crippen LogP contribution in [0.2, 0.25) is 0 Å². The van der Waals surface area contributed by atoms with Crippen LogP contribution in [0.4, 0.5) is 8.78 Å². The molecule has 1 saturated carbocycles. The fourth-order valence-electron chi connectivity index (χ4n) is 4.73. The lowest BCUT2D eigenvalue weighted by Gasteiger charge is -2.17. The minimum Gasteiger partial charge on any atom is -0.396 e. The van der Waals surface area contributed by atoms with Crippen molar-refractivity contribution in [2.24, 2.45) is 5.92 Å². The summed E-state index contributed by atoms with van der Waals surface area (Å²) in [5.41, 5.74) is 2.15. The van der Waals surface area contributed by atoms with Crippen LogP contribution >= 0.6 is 0 Å². The van der Waals surface area contributed by atoms with Gasteiger partial charge in [0, 0.05) is 61.2 Å². The van der Waals surface area contributed by atoms with Crippen molar-refractivity contribution in [3.63, 3.8) is 0 Å². The molecule has 0 spiro atoms. The highest BCUT2D eigenvalue weighted by Crippen LogP contribution is 2.43. The molecule has 5 rings (SSSR count). The average molecular weight is 498 g/mol. The Hall–Kier alpha value is -3.21. The average Bonchev–Trinajstić information content (AvgIpc) is 3.63. The molecule has 0 amide bonds. The van der Waals surface area contributed by atoms with Gasteiger partial charge in [-0.1, -0.05) is 0 Å². The van der Waals surface area contributed by atoms with Crippen LogP contribution in [0, 0.1) is 31.4 Å². The van der Waals surface area contributed by atoms with Gasteiger partial charge in [-0.2, -0.15) is 5.10 Å². The number of benzene rings is 1. The molecule has 10 heteroatoms. The van der Waals surface area contributed by atoms with Gasteiger partial charge < -0.3 is 20.1 Å². The summed E-state index contributed by atoms with van der Waals surface area (Å²) in [5.74, 6) is -1.68. The SMILES string of the molecule is Cc1cc(-c2c(F)cc3c4nn(CCNCC(CO)CO)c(=O)c-4cn(C4CC4)c3c2F)cc(C)n1. The molecule has 1 aliphatic carbocycles. The number of pyridine rings is 2. The van der Waals surface area contributed by atoms with Crippen LogP contribution in [0.1, 0.15) is 30.3 Å². The molecule has 1 fully saturated rings. The molecule has 0 radical (unpaired) electrons. The summed E-state index contributed by atoms with van der Waals surface area (Å²) >= 11 is 0. The molecular formula is C26H29F2N5O3. The van der Waals surface area contributed by atoms with E-state index in [-0.39, 0.29) is 59.4 Å². The van der Waals surface area contributed by atoms with E-state index in [1.165, 1.54) is 10.7 Å². The van der Waals surface area contributed by atoms with Gasteiger partial charge in [-0.25, -0.2) is 13.5 Å². The first-order valence-electron chi connectivity index (χ1n) is 12.1. The summed E-state index contributed by atoms with van der Waals surface area (Å²) in [7, 11) is 0. The van der Waals surface area contributed by atoms with Crippen LogP contribution in [0.5, 0.6) is 0 Å². The van der Waals surface area contributed by atoms with Crippen LogP contribution < -0.4 is 10.9 Å². The Kier molecular flexibility index (Phi) is 6.59. The highest BCUT2D eigenvalue weighted by Gasteiger charge is 2.31. The van der Waals surface area contributed by atoms with Crippen LogP contribution in [-0.2, 0) is 6.54 Å². The maximum absolute atomic E-state index is 16.1. The van der Waals surface area contributed by atoms with Gasteiger partial charge in [-0.15, -0.1) is 0 Å². The van der Waals surface area contributed by atoms with Crippen molar-refractivity contribution in [1.29, 1.82) is 0 Å². The lowest BCUT2D eigenvalue weighted by atomic mass is 9.99. The molecule has 3 N–H and O–H groups in total. The van der Waals surface area contributed by atoms with Gasteiger partial charge in [0.1, 0.15) is 11.5 Å². The Bertz CT molecular complexity index is 1440. The van der Waals surface area contributed by atoms with E-state index in [4.69, 9.17) is 0 Å². The molecule has 3 aliphatic rings. The third kappa shape index (κ3) is 4.40. The van der Waals surface area contributed by atoms with Crippen molar-refractivity contribution in [3.05, 3.63) is 57.8 Å². The van der Waals surface area contributed by atoms with E-state index >= 15 is 8.78 Å². The highest BCUT2D eigenvalue weighted by atomic mass is 19.1. The zero-order valence-electron chi connectivity index (χ0n) is 20.3. The van der Waals surface area contributed by atoms with Crippen molar-refractivity contribution >= 4 is 10.9 Å². The van der Waals surface area contributed by atoms with Crippen molar-refractivity contribution < 1.29 is 19.0 Å². The van der Waals surface area contributed by atoms with Gasteiger partial charge in [0.25, 0.3) is 5.56 Å². The first kappa shape index (κ1) is 24.5. The number of aryl methyl sites for hydroxylation is 2. The van der Waals surface area contributed by atoms with Crippen molar-refractivity contribution in [2.45, 2.75) is 39.3 Å². The molecule has 0 bridgehead atoms. The summed E-state index contributed by atoms with van der Waals surface area (Å²) < 4.78 is 34.6. The number of hydrogen-bond acceptors (Lipinski definition) is 6. The summed E-state index contributed by atoms with van der Waals surface area (Å²) in [5, 5.41) is 26.2. The van der Waals surface area contributed by atoms with E-state index in [0.717, 1.165) is 12.8 Å². The molecule has 3 heterocycles. The second-order valence-electron chi connectivity index (χ2n) is 9.58. The first-order chi connectivity index (χ1) is 17.3. The van der Waals surface area contributed by atoms with E-state index in [1.54, 1.807) is 36.7 Å². The number of aliphatic hydroxyl groups is 2. The van der Waals surface area contributed by atoms with E-state index in [1.807, 2.05) is 0 Å². The monoisotopic (exact) mass is 497 g/mol. The Morgan fingerprint density at radius 3 is 2.47 bits per heavy atom.